The summed E-state index contributed by atoms with van der Waals surface area (Å²) in [6.45, 7) is 4.08. The van der Waals surface area contributed by atoms with Crippen molar-refractivity contribution < 1.29 is 19.2 Å². The van der Waals surface area contributed by atoms with E-state index in [0.717, 1.165) is 11.1 Å². The molecule has 2 aromatic carbocycles. The van der Waals surface area contributed by atoms with Crippen LogP contribution < -0.4 is 0 Å². The summed E-state index contributed by atoms with van der Waals surface area (Å²) in [5.41, 5.74) is 1.85. The Bertz CT molecular complexity index is 782. The van der Waals surface area contributed by atoms with Crippen LogP contribution >= 0.6 is 0 Å². The first kappa shape index (κ1) is 18.2. The first-order chi connectivity index (χ1) is 12.5. The van der Waals surface area contributed by atoms with Crippen molar-refractivity contribution in [3.63, 3.8) is 0 Å². The summed E-state index contributed by atoms with van der Waals surface area (Å²) in [4.78, 5) is 0. The van der Waals surface area contributed by atoms with Crippen LogP contribution in [0.5, 0.6) is 0 Å². The summed E-state index contributed by atoms with van der Waals surface area (Å²) in [7, 11) is 1.71. The molecule has 0 saturated heterocycles. The Morgan fingerprint density at radius 3 is 2.19 bits per heavy atom. The maximum atomic E-state index is 10.2. The van der Waals surface area contributed by atoms with Gasteiger partial charge in [0.15, 0.2) is 6.10 Å². The third-order valence-corrected chi connectivity index (χ3v) is 4.73. The summed E-state index contributed by atoms with van der Waals surface area (Å²) in [5, 5.41) is 10.2. The van der Waals surface area contributed by atoms with Crippen molar-refractivity contribution in [2.45, 2.75) is 38.0 Å². The van der Waals surface area contributed by atoms with Gasteiger partial charge >= 0.3 is 5.95 Å². The summed E-state index contributed by atoms with van der Waals surface area (Å²) >= 11 is 0. The van der Waals surface area contributed by atoms with Crippen LogP contribution in [0.25, 0.3) is 0 Å². The molecule has 0 aliphatic carbocycles. The van der Waals surface area contributed by atoms with Crippen LogP contribution in [-0.4, -0.2) is 28.6 Å². The van der Waals surface area contributed by atoms with Crippen molar-refractivity contribution in [3.8, 4) is 0 Å². The van der Waals surface area contributed by atoms with Crippen molar-refractivity contribution >= 4 is 6.21 Å². The highest BCUT2D eigenvalue weighted by atomic mass is 16.6. The first-order valence-corrected chi connectivity index (χ1v) is 8.83. The molecular formula is C22H26NO3+. The molecule has 0 spiro atoms. The number of benzene rings is 2. The lowest BCUT2D eigenvalue weighted by Gasteiger charge is -2.28. The monoisotopic (exact) mass is 352 g/mol. The van der Waals surface area contributed by atoms with Crippen LogP contribution in [-0.2, 0) is 9.47 Å². The molecule has 136 valence electrons. The number of methoxy groups -OCH3 is 1. The Kier molecular flexibility index (Phi) is 5.43. The molecular weight excluding hydrogens is 326 g/mol. The van der Waals surface area contributed by atoms with E-state index < -0.39 is 0 Å². The minimum atomic E-state index is -0.314. The maximum Gasteiger partial charge on any atom is 0.344 e. The zero-order valence-corrected chi connectivity index (χ0v) is 15.5. The third-order valence-electron chi connectivity index (χ3n) is 4.73. The van der Waals surface area contributed by atoms with Crippen molar-refractivity contribution in [2.75, 3.05) is 7.11 Å². The molecule has 0 bridgehead atoms. The van der Waals surface area contributed by atoms with E-state index in [-0.39, 0.29) is 23.7 Å². The number of ether oxygens (including phenoxy) is 2. The topological polar surface area (TPSA) is 41.7 Å². The molecule has 0 fully saturated rings. The molecule has 26 heavy (non-hydrogen) atoms. The molecule has 1 N–H and O–H groups in total. The van der Waals surface area contributed by atoms with E-state index in [1.54, 1.807) is 13.3 Å². The molecule has 4 nitrogen and oxygen atoms in total. The highest BCUT2D eigenvalue weighted by Crippen LogP contribution is 2.39. The van der Waals surface area contributed by atoms with Gasteiger partial charge in [-0.3, -0.25) is 0 Å². The third kappa shape index (κ3) is 4.14. The normalized spacial score (nSPS) is 22.0. The van der Waals surface area contributed by atoms with Gasteiger partial charge in [-0.25, -0.2) is 0 Å². The first-order valence-electron chi connectivity index (χ1n) is 8.83. The van der Waals surface area contributed by atoms with Gasteiger partial charge in [0.05, 0.1) is 12.0 Å². The second kappa shape index (κ2) is 7.75. The van der Waals surface area contributed by atoms with E-state index in [1.807, 2.05) is 67.0 Å². The summed E-state index contributed by atoms with van der Waals surface area (Å²) in [6, 6.07) is 20.1. The SMILES string of the molecule is COC(C)(C)CC=[N+]1C=C(O)O[C@@H](c2ccccc2)[C@H]1c1ccccc1. The average Bonchev–Trinajstić information content (AvgIpc) is 2.67. The lowest BCUT2D eigenvalue weighted by Crippen LogP contribution is -2.31. The minimum absolute atomic E-state index is 0.0813. The molecule has 0 unspecified atom stereocenters. The quantitative estimate of drug-likeness (QED) is 0.789. The Balaban J connectivity index is 2.06. The summed E-state index contributed by atoms with van der Waals surface area (Å²) in [6.07, 6.45) is 4.10. The predicted octanol–water partition coefficient (Wildman–Crippen LogP) is 4.75. The highest BCUT2D eigenvalue weighted by Gasteiger charge is 2.40. The van der Waals surface area contributed by atoms with E-state index in [2.05, 4.69) is 18.3 Å². The number of aliphatic hydroxyl groups is 1. The Labute approximate surface area is 155 Å². The van der Waals surface area contributed by atoms with Gasteiger partial charge in [0.2, 0.25) is 12.2 Å². The molecule has 4 heteroatoms. The van der Waals surface area contributed by atoms with E-state index in [0.29, 0.717) is 6.42 Å². The van der Waals surface area contributed by atoms with Crippen LogP contribution in [0.15, 0.2) is 72.8 Å². The number of rotatable bonds is 5. The predicted molar refractivity (Wildman–Crippen MR) is 102 cm³/mol. The van der Waals surface area contributed by atoms with Crippen LogP contribution in [0.2, 0.25) is 0 Å². The van der Waals surface area contributed by atoms with Gasteiger partial charge in [-0.1, -0.05) is 60.7 Å². The number of hydrogen-bond acceptors (Lipinski definition) is 3. The zero-order valence-electron chi connectivity index (χ0n) is 15.5. The standard InChI is InChI=1S/C22H25NO3/c1-22(2,25-3)14-15-23-16-19(24)26-21(18-12-8-5-9-13-18)20(23)17-10-6-4-7-11-17/h4-13,15-16,20-21H,14H2,1-3H3/p+1/t20-,21+/m1/s1. The number of hydrogen-bond donors (Lipinski definition) is 1. The van der Waals surface area contributed by atoms with E-state index >= 15 is 0 Å². The number of aliphatic hydroxyl groups excluding tert-OH is 1. The van der Waals surface area contributed by atoms with E-state index in [4.69, 9.17) is 9.47 Å². The van der Waals surface area contributed by atoms with Crippen molar-refractivity contribution in [1.82, 2.24) is 0 Å². The van der Waals surface area contributed by atoms with E-state index in [9.17, 15) is 5.11 Å². The zero-order chi connectivity index (χ0) is 18.6. The maximum absolute atomic E-state index is 10.2. The number of nitrogens with zero attached hydrogens (tertiary/aromatic N) is 1. The van der Waals surface area contributed by atoms with Gasteiger partial charge < -0.3 is 14.6 Å². The molecule has 2 aromatic rings. The molecule has 1 aliphatic heterocycles. The highest BCUT2D eigenvalue weighted by molar-refractivity contribution is 5.53. The van der Waals surface area contributed by atoms with Gasteiger partial charge in [0.1, 0.15) is 6.21 Å². The summed E-state index contributed by atoms with van der Waals surface area (Å²) < 4.78 is 13.4. The van der Waals surface area contributed by atoms with Crippen LogP contribution in [0.1, 0.15) is 43.5 Å². The van der Waals surface area contributed by atoms with Gasteiger partial charge in [0.25, 0.3) is 0 Å². The van der Waals surface area contributed by atoms with Gasteiger partial charge in [-0.05, 0) is 19.4 Å². The molecule has 0 radical (unpaired) electrons. The van der Waals surface area contributed by atoms with Crippen LogP contribution in [0.4, 0.5) is 0 Å². The van der Waals surface area contributed by atoms with Crippen LogP contribution in [0.3, 0.4) is 0 Å². The Morgan fingerprint density at radius 1 is 1.04 bits per heavy atom. The van der Waals surface area contributed by atoms with Gasteiger partial charge in [0, 0.05) is 12.7 Å². The van der Waals surface area contributed by atoms with Crippen molar-refractivity contribution in [2.24, 2.45) is 0 Å². The Morgan fingerprint density at radius 2 is 1.62 bits per heavy atom. The fourth-order valence-corrected chi connectivity index (χ4v) is 3.05. The average molecular weight is 352 g/mol. The van der Waals surface area contributed by atoms with Crippen LogP contribution in [0, 0.1) is 0 Å². The molecule has 1 aliphatic rings. The molecule has 0 saturated carbocycles. The van der Waals surface area contributed by atoms with Gasteiger partial charge in [-0.2, -0.15) is 4.58 Å². The second-order valence-electron chi connectivity index (χ2n) is 7.07. The largest absolute Gasteiger partial charge is 0.477 e. The molecule has 0 amide bonds. The van der Waals surface area contributed by atoms with Crippen molar-refractivity contribution in [1.29, 1.82) is 0 Å². The molecule has 0 aromatic heterocycles. The Hall–Kier alpha value is -2.59. The lowest BCUT2D eigenvalue weighted by molar-refractivity contribution is -0.536. The summed E-state index contributed by atoms with van der Waals surface area (Å²) in [5.74, 6) is -0.0856. The smallest absolute Gasteiger partial charge is 0.344 e. The van der Waals surface area contributed by atoms with Crippen molar-refractivity contribution in [3.05, 3.63) is 83.9 Å². The minimum Gasteiger partial charge on any atom is -0.477 e. The lowest BCUT2D eigenvalue weighted by atomic mass is 9.94. The van der Waals surface area contributed by atoms with E-state index in [1.165, 1.54) is 0 Å². The fraction of sp³-hybridized carbons (Fsp3) is 0.318. The van der Waals surface area contributed by atoms with Gasteiger partial charge in [-0.15, -0.1) is 0 Å². The molecule has 3 rings (SSSR count). The molecule has 2 atom stereocenters. The second-order valence-corrected chi connectivity index (χ2v) is 7.07. The molecule has 1 heterocycles. The fourth-order valence-electron chi connectivity index (χ4n) is 3.05.